The quantitative estimate of drug-likeness (QED) is 0.365. The number of urea groups is 1. The summed E-state index contributed by atoms with van der Waals surface area (Å²) in [6.45, 7) is 1.80. The van der Waals surface area contributed by atoms with Gasteiger partial charge in [0.25, 0.3) is 0 Å². The summed E-state index contributed by atoms with van der Waals surface area (Å²) in [5.41, 5.74) is 0.904. The fourth-order valence-corrected chi connectivity index (χ4v) is 1.82. The van der Waals surface area contributed by atoms with E-state index in [1.165, 1.54) is 23.4 Å². The summed E-state index contributed by atoms with van der Waals surface area (Å²) in [7, 11) is 1.28. The zero-order chi connectivity index (χ0) is 17.6. The van der Waals surface area contributed by atoms with Crippen LogP contribution in [0, 0.1) is 6.92 Å². The van der Waals surface area contributed by atoms with Gasteiger partial charge >= 0.3 is 18.6 Å². The molecule has 0 saturated carbocycles. The van der Waals surface area contributed by atoms with Gasteiger partial charge in [-0.3, -0.25) is 4.90 Å². The van der Waals surface area contributed by atoms with Crippen molar-refractivity contribution in [3.05, 3.63) is 17.0 Å². The number of carbonyl (C=O) groups excluding carboxylic acids is 2. The molecule has 1 rings (SSSR count). The SMILES string of the molecule is Cc1csc(N(C)C(=O)NC(F)(F)F)c1.O=C=NC(F)(F)F. The van der Waals surface area contributed by atoms with Gasteiger partial charge in [-0.25, -0.2) is 14.9 Å². The molecule has 0 aliphatic heterocycles. The third kappa shape index (κ3) is 8.97. The number of isocyanates is 1. The largest absolute Gasteiger partial charge is 0.513 e. The first-order valence-electron chi connectivity index (χ1n) is 5.19. The number of alkyl halides is 6. The molecule has 0 aliphatic carbocycles. The van der Waals surface area contributed by atoms with Gasteiger partial charge in [-0.1, -0.05) is 0 Å². The standard InChI is InChI=1S/C8H9F3N2OS.C2F3NO/c1-5-3-6(15-4-5)13(2)7(14)12-8(9,10)11;3-2(4,5)6-1-7/h3-4H,1-2H3,(H,12,14);. The van der Waals surface area contributed by atoms with E-state index < -0.39 is 18.6 Å². The maximum Gasteiger partial charge on any atom is 0.513 e. The van der Waals surface area contributed by atoms with Gasteiger partial charge in [0.1, 0.15) is 0 Å². The molecular formula is C10H9F6N3O2S. The first kappa shape index (κ1) is 19.9. The molecule has 0 aliphatic rings. The Morgan fingerprint density at radius 3 is 2.14 bits per heavy atom. The maximum atomic E-state index is 11.8. The molecule has 0 radical (unpaired) electrons. The zero-order valence-corrected chi connectivity index (χ0v) is 11.9. The molecule has 0 unspecified atom stereocenters. The zero-order valence-electron chi connectivity index (χ0n) is 11.0. The van der Waals surface area contributed by atoms with E-state index in [9.17, 15) is 31.1 Å². The van der Waals surface area contributed by atoms with Crippen molar-refractivity contribution < 1.29 is 35.9 Å². The van der Waals surface area contributed by atoms with Crippen LogP contribution in [0.2, 0.25) is 0 Å². The van der Waals surface area contributed by atoms with Crippen LogP contribution in [0.1, 0.15) is 5.56 Å². The van der Waals surface area contributed by atoms with Gasteiger partial charge in [-0.05, 0) is 23.9 Å². The number of hydrogen-bond donors (Lipinski definition) is 1. The fourth-order valence-electron chi connectivity index (χ4n) is 0.949. The van der Waals surface area contributed by atoms with E-state index in [-0.39, 0.29) is 0 Å². The topological polar surface area (TPSA) is 61.8 Å². The molecular weight excluding hydrogens is 340 g/mol. The predicted octanol–water partition coefficient (Wildman–Crippen LogP) is 3.56. The Hall–Kier alpha value is -2.07. The minimum absolute atomic E-state index is 0.358. The molecule has 2 amide bonds. The Labute approximate surface area is 124 Å². The lowest BCUT2D eigenvalue weighted by Gasteiger charge is -2.17. The van der Waals surface area contributed by atoms with Crippen LogP contribution in [0.3, 0.4) is 0 Å². The van der Waals surface area contributed by atoms with E-state index in [4.69, 9.17) is 4.79 Å². The maximum absolute atomic E-state index is 11.8. The highest BCUT2D eigenvalue weighted by Gasteiger charge is 2.32. The monoisotopic (exact) mass is 349 g/mol. The number of nitrogens with zero attached hydrogens (tertiary/aromatic N) is 2. The molecule has 12 heteroatoms. The van der Waals surface area contributed by atoms with Crippen LogP contribution >= 0.6 is 11.3 Å². The average Bonchev–Trinajstić information content (AvgIpc) is 2.71. The third-order valence-corrected chi connectivity index (χ3v) is 2.90. The van der Waals surface area contributed by atoms with Crippen molar-refractivity contribution >= 4 is 28.4 Å². The highest BCUT2D eigenvalue weighted by atomic mass is 32.1. The number of carbonyl (C=O) groups is 1. The number of anilines is 1. The molecule has 0 saturated heterocycles. The van der Waals surface area contributed by atoms with Gasteiger partial charge in [0, 0.05) is 7.05 Å². The third-order valence-electron chi connectivity index (χ3n) is 1.77. The van der Waals surface area contributed by atoms with Gasteiger partial charge in [0.05, 0.1) is 5.00 Å². The summed E-state index contributed by atoms with van der Waals surface area (Å²) >= 11 is 1.21. The number of hydrogen-bond acceptors (Lipinski definition) is 4. The Bertz CT molecular complexity index is 548. The van der Waals surface area contributed by atoms with E-state index in [0.717, 1.165) is 15.8 Å². The molecule has 0 spiro atoms. The summed E-state index contributed by atoms with van der Waals surface area (Å²) in [6, 6.07) is 0.449. The molecule has 0 fully saturated rings. The van der Waals surface area contributed by atoms with Crippen LogP contribution in [0.4, 0.5) is 36.1 Å². The molecule has 0 atom stereocenters. The van der Waals surface area contributed by atoms with E-state index >= 15 is 0 Å². The molecule has 5 nitrogen and oxygen atoms in total. The molecule has 1 aromatic heterocycles. The Balaban J connectivity index is 0.000000534. The van der Waals surface area contributed by atoms with Crippen LogP contribution in [-0.2, 0) is 4.79 Å². The Kier molecular flexibility index (Phi) is 7.07. The van der Waals surface area contributed by atoms with E-state index in [1.807, 2.05) is 0 Å². The molecule has 1 heterocycles. The number of nitrogens with one attached hydrogen (secondary N) is 1. The second-order valence-electron chi connectivity index (χ2n) is 3.62. The lowest BCUT2D eigenvalue weighted by Crippen LogP contribution is -2.44. The van der Waals surface area contributed by atoms with Crippen LogP contribution in [0.25, 0.3) is 0 Å². The van der Waals surface area contributed by atoms with Crippen molar-refractivity contribution in [3.8, 4) is 0 Å². The van der Waals surface area contributed by atoms with Crippen LogP contribution in [0.5, 0.6) is 0 Å². The van der Waals surface area contributed by atoms with Crippen molar-refractivity contribution in [2.75, 3.05) is 11.9 Å². The van der Waals surface area contributed by atoms with Crippen molar-refractivity contribution in [2.24, 2.45) is 4.99 Å². The highest BCUT2D eigenvalue weighted by Crippen LogP contribution is 2.23. The minimum atomic E-state index is -4.75. The van der Waals surface area contributed by atoms with E-state index in [1.54, 1.807) is 18.4 Å². The second-order valence-corrected chi connectivity index (χ2v) is 4.51. The van der Waals surface area contributed by atoms with Crippen LogP contribution < -0.4 is 10.2 Å². The molecule has 0 bridgehead atoms. The molecule has 0 aromatic carbocycles. The summed E-state index contributed by atoms with van der Waals surface area (Å²) in [6.07, 6.45) is -9.09. The van der Waals surface area contributed by atoms with Crippen LogP contribution in [0.15, 0.2) is 16.4 Å². The second kappa shape index (κ2) is 7.80. The Morgan fingerprint density at radius 1 is 1.32 bits per heavy atom. The minimum Gasteiger partial charge on any atom is -0.288 e. The summed E-state index contributed by atoms with van der Waals surface area (Å²) in [4.78, 5) is 22.3. The summed E-state index contributed by atoms with van der Waals surface area (Å²) < 4.78 is 67.4. The Morgan fingerprint density at radius 2 is 1.86 bits per heavy atom. The van der Waals surface area contributed by atoms with Crippen LogP contribution in [-0.4, -0.2) is 31.8 Å². The van der Waals surface area contributed by atoms with E-state index in [2.05, 4.69) is 0 Å². The van der Waals surface area contributed by atoms with Crippen molar-refractivity contribution in [3.63, 3.8) is 0 Å². The number of rotatable bonds is 1. The molecule has 124 valence electrons. The molecule has 1 aromatic rings. The smallest absolute Gasteiger partial charge is 0.288 e. The van der Waals surface area contributed by atoms with Gasteiger partial charge in [0.2, 0.25) is 6.08 Å². The number of halogens is 6. The normalized spacial score (nSPS) is 10.9. The number of aryl methyl sites for hydroxylation is 1. The van der Waals surface area contributed by atoms with Gasteiger partial charge in [0.15, 0.2) is 0 Å². The molecule has 1 N–H and O–H groups in total. The van der Waals surface area contributed by atoms with Crippen molar-refractivity contribution in [1.29, 1.82) is 0 Å². The van der Waals surface area contributed by atoms with Gasteiger partial charge in [-0.15, -0.1) is 29.5 Å². The number of amides is 2. The lowest BCUT2D eigenvalue weighted by molar-refractivity contribution is -0.145. The molecule has 22 heavy (non-hydrogen) atoms. The number of aliphatic imine (C=N–C) groups is 1. The number of thiophene rings is 1. The first-order chi connectivity index (χ1) is 9.85. The highest BCUT2D eigenvalue weighted by molar-refractivity contribution is 7.14. The summed E-state index contributed by atoms with van der Waals surface area (Å²) in [5, 5.41) is 3.14. The fraction of sp³-hybridized carbons (Fsp3) is 0.400. The lowest BCUT2D eigenvalue weighted by atomic mass is 10.4. The predicted molar refractivity (Wildman–Crippen MR) is 66.2 cm³/mol. The van der Waals surface area contributed by atoms with Gasteiger partial charge < -0.3 is 0 Å². The summed E-state index contributed by atoms with van der Waals surface area (Å²) in [5.74, 6) is 0. The first-order valence-corrected chi connectivity index (χ1v) is 6.07. The van der Waals surface area contributed by atoms with Crippen molar-refractivity contribution in [1.82, 2.24) is 5.32 Å². The van der Waals surface area contributed by atoms with E-state index in [0.29, 0.717) is 11.1 Å². The average molecular weight is 349 g/mol. The van der Waals surface area contributed by atoms with Crippen molar-refractivity contribution in [2.45, 2.75) is 19.5 Å². The van der Waals surface area contributed by atoms with Gasteiger partial charge in [-0.2, -0.15) is 13.2 Å².